The van der Waals surface area contributed by atoms with Crippen LogP contribution in [0.15, 0.2) is 93.9 Å². The molecule has 0 aliphatic heterocycles. The van der Waals surface area contributed by atoms with Gasteiger partial charge in [-0.25, -0.2) is 0 Å². The van der Waals surface area contributed by atoms with Crippen LogP contribution in [0.3, 0.4) is 0 Å². The van der Waals surface area contributed by atoms with Gasteiger partial charge >= 0.3 is 0 Å². The number of nitrogens with one attached hydrogen (secondary N) is 1. The van der Waals surface area contributed by atoms with Crippen molar-refractivity contribution in [3.8, 4) is 0 Å². The number of fused-ring (bicyclic) bond motifs is 1. The van der Waals surface area contributed by atoms with Gasteiger partial charge in [-0.2, -0.15) is 12.8 Å². The monoisotopic (exact) mass is 456 g/mol. The van der Waals surface area contributed by atoms with Crippen molar-refractivity contribution in [2.75, 3.05) is 5.32 Å². The van der Waals surface area contributed by atoms with Gasteiger partial charge < -0.3 is 5.32 Å². The molecule has 0 fully saturated rings. The Morgan fingerprint density at radius 1 is 0.800 bits per heavy atom. The Hall–Kier alpha value is -2.93. The van der Waals surface area contributed by atoms with E-state index < -0.39 is 10.0 Å². The van der Waals surface area contributed by atoms with E-state index in [1.54, 1.807) is 60.7 Å². The normalized spacial score (nSPS) is 14.9. The van der Waals surface area contributed by atoms with Gasteiger partial charge in [-0.05, 0) is 36.4 Å². The van der Waals surface area contributed by atoms with E-state index in [1.807, 2.05) is 0 Å². The molecule has 0 saturated carbocycles. The SMILES string of the molecule is O=C1C(Nc2ccc(Cl)c(Cl)c2)=CC(=NS(=O)(=O)c2ccccc2)c2ccccc21. The molecule has 1 aliphatic rings. The predicted molar refractivity (Wildman–Crippen MR) is 119 cm³/mol. The van der Waals surface area contributed by atoms with Gasteiger partial charge in [0.25, 0.3) is 10.0 Å². The maximum atomic E-state index is 13.0. The van der Waals surface area contributed by atoms with Crippen LogP contribution in [-0.4, -0.2) is 19.9 Å². The van der Waals surface area contributed by atoms with Gasteiger partial charge in [0.1, 0.15) is 0 Å². The zero-order valence-corrected chi connectivity index (χ0v) is 17.7. The average Bonchev–Trinajstić information content (AvgIpc) is 2.74. The molecule has 3 aromatic rings. The van der Waals surface area contributed by atoms with Crippen molar-refractivity contribution in [3.05, 3.63) is 106 Å². The largest absolute Gasteiger partial charge is 0.352 e. The number of Topliss-reactive ketones (excluding diaryl/α,β-unsaturated/α-hetero) is 1. The van der Waals surface area contributed by atoms with Gasteiger partial charge in [-0.1, -0.05) is 65.7 Å². The van der Waals surface area contributed by atoms with Crippen LogP contribution >= 0.6 is 23.2 Å². The van der Waals surface area contributed by atoms with Gasteiger partial charge in [0, 0.05) is 16.8 Å². The molecule has 30 heavy (non-hydrogen) atoms. The van der Waals surface area contributed by atoms with E-state index in [2.05, 4.69) is 9.71 Å². The molecule has 1 N–H and O–H groups in total. The molecule has 0 unspecified atom stereocenters. The van der Waals surface area contributed by atoms with Crippen LogP contribution in [0.2, 0.25) is 10.0 Å². The number of benzene rings is 3. The minimum atomic E-state index is -3.96. The van der Waals surface area contributed by atoms with Gasteiger partial charge in [-0.3, -0.25) is 4.79 Å². The average molecular weight is 457 g/mol. The number of carbonyl (C=O) groups is 1. The van der Waals surface area contributed by atoms with Crippen molar-refractivity contribution >= 4 is 50.4 Å². The Labute approximate surface area is 183 Å². The number of ketones is 1. The fourth-order valence-electron chi connectivity index (χ4n) is 3.00. The summed E-state index contributed by atoms with van der Waals surface area (Å²) < 4.78 is 29.6. The number of halogens is 2. The Morgan fingerprint density at radius 3 is 2.17 bits per heavy atom. The first kappa shape index (κ1) is 20.3. The van der Waals surface area contributed by atoms with Crippen molar-refractivity contribution in [2.24, 2.45) is 4.40 Å². The Kier molecular flexibility index (Phi) is 5.47. The highest BCUT2D eigenvalue weighted by Gasteiger charge is 2.26. The number of sulfonamides is 1. The zero-order chi connectivity index (χ0) is 21.3. The van der Waals surface area contributed by atoms with E-state index in [-0.39, 0.29) is 22.1 Å². The van der Waals surface area contributed by atoms with Gasteiger partial charge in [-0.15, -0.1) is 0 Å². The molecule has 0 bridgehead atoms. The quantitative estimate of drug-likeness (QED) is 0.572. The lowest BCUT2D eigenvalue weighted by Crippen LogP contribution is -2.22. The lowest BCUT2D eigenvalue weighted by molar-refractivity contribution is 0.103. The molecule has 0 amide bonds. The summed E-state index contributed by atoms with van der Waals surface area (Å²) in [6.07, 6.45) is 1.42. The maximum absolute atomic E-state index is 13.0. The van der Waals surface area contributed by atoms with E-state index in [9.17, 15) is 13.2 Å². The van der Waals surface area contributed by atoms with Crippen LogP contribution in [0.25, 0.3) is 0 Å². The Bertz CT molecular complexity index is 1320. The summed E-state index contributed by atoms with van der Waals surface area (Å²) in [6.45, 7) is 0. The number of allylic oxidation sites excluding steroid dienone is 2. The molecule has 0 spiro atoms. The van der Waals surface area contributed by atoms with Crippen LogP contribution in [-0.2, 0) is 10.0 Å². The number of hydrogen-bond acceptors (Lipinski definition) is 4. The lowest BCUT2D eigenvalue weighted by atomic mass is 9.92. The van der Waals surface area contributed by atoms with Crippen LogP contribution in [0, 0.1) is 0 Å². The number of rotatable bonds is 4. The van der Waals surface area contributed by atoms with Crippen LogP contribution in [0.4, 0.5) is 5.69 Å². The number of anilines is 1. The second kappa shape index (κ2) is 8.07. The third-order valence-corrected chi connectivity index (χ3v) is 6.48. The van der Waals surface area contributed by atoms with Crippen LogP contribution in [0.5, 0.6) is 0 Å². The van der Waals surface area contributed by atoms with Crippen molar-refractivity contribution in [1.29, 1.82) is 0 Å². The molecule has 8 heteroatoms. The summed E-state index contributed by atoms with van der Waals surface area (Å²) in [5.74, 6) is -0.285. The first-order valence-electron chi connectivity index (χ1n) is 8.83. The fraction of sp³-hybridized carbons (Fsp3) is 0. The number of hydrogen-bond donors (Lipinski definition) is 1. The smallest absolute Gasteiger partial charge is 0.282 e. The lowest BCUT2D eigenvalue weighted by Gasteiger charge is -2.19. The second-order valence-corrected chi connectivity index (χ2v) is 8.87. The molecule has 4 rings (SSSR count). The van der Waals surface area contributed by atoms with E-state index in [0.717, 1.165) is 0 Å². The predicted octanol–water partition coefficient (Wildman–Crippen LogP) is 5.36. The van der Waals surface area contributed by atoms with E-state index in [4.69, 9.17) is 23.2 Å². The fourth-order valence-corrected chi connectivity index (χ4v) is 4.32. The van der Waals surface area contributed by atoms with Crippen molar-refractivity contribution < 1.29 is 13.2 Å². The molecular weight excluding hydrogens is 443 g/mol. The van der Waals surface area contributed by atoms with Gasteiger partial charge in [0.15, 0.2) is 0 Å². The molecule has 0 saturated heterocycles. The Balaban J connectivity index is 1.81. The topological polar surface area (TPSA) is 75.6 Å². The Morgan fingerprint density at radius 2 is 1.47 bits per heavy atom. The molecule has 0 aromatic heterocycles. The molecule has 1 aliphatic carbocycles. The molecule has 5 nitrogen and oxygen atoms in total. The standard InChI is InChI=1S/C22H14Cl2N2O3S/c23-18-11-10-14(12-19(18)24)25-21-13-20(16-8-4-5-9-17(16)22(21)27)26-30(28,29)15-6-2-1-3-7-15/h1-13,25H. The molecule has 0 heterocycles. The molecular formula is C22H14Cl2N2O3S. The first-order valence-corrected chi connectivity index (χ1v) is 11.0. The minimum absolute atomic E-state index is 0.0688. The summed E-state index contributed by atoms with van der Waals surface area (Å²) in [5.41, 5.74) is 1.67. The van der Waals surface area contributed by atoms with E-state index in [1.165, 1.54) is 18.2 Å². The summed E-state index contributed by atoms with van der Waals surface area (Å²) >= 11 is 12.0. The zero-order valence-electron chi connectivity index (χ0n) is 15.3. The highest BCUT2D eigenvalue weighted by atomic mass is 35.5. The summed E-state index contributed by atoms with van der Waals surface area (Å²) in [5, 5.41) is 3.70. The molecule has 0 radical (unpaired) electrons. The second-order valence-electron chi connectivity index (χ2n) is 6.45. The third kappa shape index (κ3) is 4.03. The number of carbonyl (C=O) groups excluding carboxylic acids is 1. The van der Waals surface area contributed by atoms with Crippen LogP contribution in [0.1, 0.15) is 15.9 Å². The molecule has 150 valence electrons. The maximum Gasteiger partial charge on any atom is 0.282 e. The highest BCUT2D eigenvalue weighted by Crippen LogP contribution is 2.28. The third-order valence-electron chi connectivity index (χ3n) is 4.43. The summed E-state index contributed by atoms with van der Waals surface area (Å²) in [6, 6.07) is 19.5. The summed E-state index contributed by atoms with van der Waals surface area (Å²) in [4.78, 5) is 13.0. The van der Waals surface area contributed by atoms with Crippen LogP contribution < -0.4 is 5.32 Å². The summed E-state index contributed by atoms with van der Waals surface area (Å²) in [7, 11) is -3.96. The van der Waals surface area contributed by atoms with E-state index >= 15 is 0 Å². The first-order chi connectivity index (χ1) is 14.3. The van der Waals surface area contributed by atoms with Crippen molar-refractivity contribution in [3.63, 3.8) is 0 Å². The van der Waals surface area contributed by atoms with E-state index in [0.29, 0.717) is 26.9 Å². The van der Waals surface area contributed by atoms with Crippen molar-refractivity contribution in [2.45, 2.75) is 4.90 Å². The van der Waals surface area contributed by atoms with Gasteiger partial charge in [0.05, 0.1) is 26.3 Å². The number of nitrogens with zero attached hydrogens (tertiary/aromatic N) is 1. The molecule has 3 aromatic carbocycles. The van der Waals surface area contributed by atoms with Crippen molar-refractivity contribution in [1.82, 2.24) is 0 Å². The minimum Gasteiger partial charge on any atom is -0.352 e. The highest BCUT2D eigenvalue weighted by molar-refractivity contribution is 7.90. The molecule has 0 atom stereocenters. The van der Waals surface area contributed by atoms with Gasteiger partial charge in [0.2, 0.25) is 5.78 Å².